The summed E-state index contributed by atoms with van der Waals surface area (Å²) in [5.41, 5.74) is 4.47. The van der Waals surface area contributed by atoms with Crippen molar-refractivity contribution in [1.82, 2.24) is 14.5 Å². The third-order valence-corrected chi connectivity index (χ3v) is 5.98. The smallest absolute Gasteiger partial charge is 0.223 e. The van der Waals surface area contributed by atoms with Crippen LogP contribution in [0.25, 0.3) is 11.0 Å². The molecule has 5 nitrogen and oxygen atoms in total. The molecule has 1 atom stereocenters. The predicted molar refractivity (Wildman–Crippen MR) is 125 cm³/mol. The van der Waals surface area contributed by atoms with Crippen LogP contribution in [0.1, 0.15) is 49.1 Å². The Morgan fingerprint density at radius 3 is 2.84 bits per heavy atom. The van der Waals surface area contributed by atoms with Crippen LogP contribution >= 0.6 is 0 Å². The molecule has 0 unspecified atom stereocenters. The van der Waals surface area contributed by atoms with E-state index in [2.05, 4.69) is 56.2 Å². The van der Waals surface area contributed by atoms with Crippen molar-refractivity contribution in [3.05, 3.63) is 72.1 Å². The number of ether oxygens (including phenoxy) is 1. The number of amides is 1. The Balaban J connectivity index is 1.58. The molecule has 0 aliphatic carbocycles. The number of para-hydroxylation sites is 2. The molecule has 0 saturated carbocycles. The van der Waals surface area contributed by atoms with Crippen molar-refractivity contribution in [3.8, 4) is 5.75 Å². The lowest BCUT2D eigenvalue weighted by molar-refractivity contribution is -0.127. The van der Waals surface area contributed by atoms with Gasteiger partial charge >= 0.3 is 0 Å². The maximum atomic E-state index is 12.4. The number of fused-ring (bicyclic) bond motifs is 1. The zero-order valence-electron chi connectivity index (χ0n) is 18.7. The van der Waals surface area contributed by atoms with E-state index in [1.807, 2.05) is 23.1 Å². The Labute approximate surface area is 184 Å². The lowest BCUT2D eigenvalue weighted by Gasteiger charge is -2.17. The normalized spacial score (nSPS) is 16.5. The summed E-state index contributed by atoms with van der Waals surface area (Å²) in [5.74, 6) is 2.58. The lowest BCUT2D eigenvalue weighted by atomic mass is 10.0. The van der Waals surface area contributed by atoms with Crippen molar-refractivity contribution >= 4 is 16.9 Å². The molecule has 4 rings (SSSR count). The first kappa shape index (κ1) is 21.2. The van der Waals surface area contributed by atoms with Crippen LogP contribution in [0.15, 0.2) is 55.1 Å². The number of aromatic nitrogens is 2. The molecule has 2 aromatic carbocycles. The van der Waals surface area contributed by atoms with Crippen LogP contribution in [0, 0.1) is 6.92 Å². The van der Waals surface area contributed by atoms with E-state index < -0.39 is 0 Å². The van der Waals surface area contributed by atoms with Crippen LogP contribution in [0.3, 0.4) is 0 Å². The summed E-state index contributed by atoms with van der Waals surface area (Å²) in [5, 5.41) is 0. The number of hydrogen-bond acceptors (Lipinski definition) is 3. The molecule has 1 aliphatic rings. The van der Waals surface area contributed by atoms with Gasteiger partial charge in [0.05, 0.1) is 17.6 Å². The maximum absolute atomic E-state index is 12.4. The molecule has 1 saturated heterocycles. The zero-order chi connectivity index (χ0) is 22.0. The number of hydrogen-bond donors (Lipinski definition) is 0. The fourth-order valence-electron chi connectivity index (χ4n) is 4.41. The van der Waals surface area contributed by atoms with E-state index in [1.54, 1.807) is 6.08 Å². The Kier molecular flexibility index (Phi) is 6.12. The van der Waals surface area contributed by atoms with E-state index in [0.717, 1.165) is 22.6 Å². The Morgan fingerprint density at radius 1 is 1.26 bits per heavy atom. The molecule has 0 bridgehead atoms. The van der Waals surface area contributed by atoms with Gasteiger partial charge in [-0.3, -0.25) is 4.79 Å². The maximum Gasteiger partial charge on any atom is 0.223 e. The number of imidazole rings is 1. The van der Waals surface area contributed by atoms with Crippen molar-refractivity contribution in [2.75, 3.05) is 19.7 Å². The predicted octanol–water partition coefficient (Wildman–Crippen LogP) is 5.05. The number of carbonyl (C=O) groups is 1. The number of nitrogens with zero attached hydrogens (tertiary/aromatic N) is 3. The molecule has 2 heterocycles. The standard InChI is InChI=1S/C26H31N3O2/c1-5-12-28-17-20(16-25(28)30)26-27-22-8-6-7-9-23(22)29(26)13-14-31-24-15-19(4)10-11-21(24)18(2)3/h5-11,15,18,20H,1,12-14,16-17H2,2-4H3/t20-/m0/s1. The summed E-state index contributed by atoms with van der Waals surface area (Å²) in [6.07, 6.45) is 2.28. The topological polar surface area (TPSA) is 47.4 Å². The molecule has 0 spiro atoms. The second kappa shape index (κ2) is 8.96. The average molecular weight is 418 g/mol. The molecule has 1 fully saturated rings. The molecule has 1 aliphatic heterocycles. The lowest BCUT2D eigenvalue weighted by Crippen LogP contribution is -2.25. The fraction of sp³-hybridized carbons (Fsp3) is 0.385. The van der Waals surface area contributed by atoms with E-state index in [9.17, 15) is 4.79 Å². The summed E-state index contributed by atoms with van der Waals surface area (Å²) in [7, 11) is 0. The minimum atomic E-state index is 0.0880. The molecule has 31 heavy (non-hydrogen) atoms. The van der Waals surface area contributed by atoms with Crippen LogP contribution in [0.2, 0.25) is 0 Å². The summed E-state index contributed by atoms with van der Waals surface area (Å²) < 4.78 is 8.49. The monoisotopic (exact) mass is 417 g/mol. The number of carbonyl (C=O) groups excluding carboxylic acids is 1. The van der Waals surface area contributed by atoms with Gasteiger partial charge in [-0.25, -0.2) is 4.98 Å². The fourth-order valence-corrected chi connectivity index (χ4v) is 4.41. The highest BCUT2D eigenvalue weighted by Gasteiger charge is 2.33. The highest BCUT2D eigenvalue weighted by Crippen LogP contribution is 2.31. The molecule has 0 radical (unpaired) electrons. The van der Waals surface area contributed by atoms with Gasteiger partial charge in [0.25, 0.3) is 0 Å². The molecule has 162 valence electrons. The van der Waals surface area contributed by atoms with Crippen molar-refractivity contribution < 1.29 is 9.53 Å². The number of rotatable bonds is 8. The molecule has 3 aromatic rings. The second-order valence-corrected chi connectivity index (χ2v) is 8.64. The number of likely N-dealkylation sites (tertiary alicyclic amines) is 1. The van der Waals surface area contributed by atoms with Gasteiger partial charge in [0.1, 0.15) is 18.2 Å². The number of aryl methyl sites for hydroxylation is 1. The molecular formula is C26H31N3O2. The molecular weight excluding hydrogens is 386 g/mol. The van der Waals surface area contributed by atoms with E-state index in [0.29, 0.717) is 38.6 Å². The summed E-state index contributed by atoms with van der Waals surface area (Å²) >= 11 is 0. The molecule has 1 aromatic heterocycles. The third kappa shape index (κ3) is 4.36. The quantitative estimate of drug-likeness (QED) is 0.482. The second-order valence-electron chi connectivity index (χ2n) is 8.64. The minimum absolute atomic E-state index is 0.0880. The Bertz CT molecular complexity index is 1100. The molecule has 1 amide bonds. The summed E-state index contributed by atoms with van der Waals surface area (Å²) in [6.45, 7) is 12.7. The van der Waals surface area contributed by atoms with Gasteiger partial charge in [-0.2, -0.15) is 0 Å². The van der Waals surface area contributed by atoms with Crippen LogP contribution in [0.4, 0.5) is 0 Å². The van der Waals surface area contributed by atoms with Gasteiger partial charge in [-0.15, -0.1) is 6.58 Å². The first-order valence-corrected chi connectivity index (χ1v) is 11.0. The van der Waals surface area contributed by atoms with Gasteiger partial charge in [0, 0.05) is 25.4 Å². The SMILES string of the molecule is C=CCN1C[C@@H](c2nc3ccccc3n2CCOc2cc(C)ccc2C(C)C)CC1=O. The first-order valence-electron chi connectivity index (χ1n) is 11.0. The van der Waals surface area contributed by atoms with Crippen LogP contribution in [0.5, 0.6) is 5.75 Å². The minimum Gasteiger partial charge on any atom is -0.491 e. The summed E-state index contributed by atoms with van der Waals surface area (Å²) in [4.78, 5) is 19.2. The van der Waals surface area contributed by atoms with Gasteiger partial charge < -0.3 is 14.2 Å². The highest BCUT2D eigenvalue weighted by molar-refractivity contribution is 5.81. The van der Waals surface area contributed by atoms with Gasteiger partial charge in [-0.1, -0.05) is 44.2 Å². The average Bonchev–Trinajstić information content (AvgIpc) is 3.29. The van der Waals surface area contributed by atoms with E-state index in [-0.39, 0.29) is 11.8 Å². The van der Waals surface area contributed by atoms with E-state index in [4.69, 9.17) is 9.72 Å². The van der Waals surface area contributed by atoms with Crippen LogP contribution in [-0.2, 0) is 11.3 Å². The van der Waals surface area contributed by atoms with Crippen LogP contribution < -0.4 is 4.74 Å². The van der Waals surface area contributed by atoms with Crippen molar-refractivity contribution in [2.24, 2.45) is 0 Å². The van der Waals surface area contributed by atoms with Crippen molar-refractivity contribution in [1.29, 1.82) is 0 Å². The zero-order valence-corrected chi connectivity index (χ0v) is 18.7. The Hall–Kier alpha value is -3.08. The van der Waals surface area contributed by atoms with Crippen molar-refractivity contribution in [2.45, 2.75) is 45.6 Å². The van der Waals surface area contributed by atoms with Crippen LogP contribution in [-0.4, -0.2) is 40.1 Å². The van der Waals surface area contributed by atoms with Gasteiger partial charge in [0.2, 0.25) is 5.91 Å². The molecule has 5 heteroatoms. The van der Waals surface area contributed by atoms with Crippen molar-refractivity contribution in [3.63, 3.8) is 0 Å². The number of benzene rings is 2. The summed E-state index contributed by atoms with van der Waals surface area (Å²) in [6, 6.07) is 14.6. The van der Waals surface area contributed by atoms with Gasteiger partial charge in [-0.05, 0) is 42.2 Å². The largest absolute Gasteiger partial charge is 0.491 e. The third-order valence-electron chi connectivity index (χ3n) is 5.98. The first-order chi connectivity index (χ1) is 15.0. The van der Waals surface area contributed by atoms with Gasteiger partial charge in [0.15, 0.2) is 0 Å². The highest BCUT2D eigenvalue weighted by atomic mass is 16.5. The van der Waals surface area contributed by atoms with E-state index >= 15 is 0 Å². The molecule has 0 N–H and O–H groups in total. The van der Waals surface area contributed by atoms with E-state index in [1.165, 1.54) is 11.1 Å². The Morgan fingerprint density at radius 2 is 2.06 bits per heavy atom.